The van der Waals surface area contributed by atoms with Crippen molar-refractivity contribution in [1.29, 1.82) is 0 Å². The molecular weight excluding hydrogens is 640 g/mol. The molecule has 9 nitrogen and oxygen atoms in total. The molecule has 4 aromatic rings. The van der Waals surface area contributed by atoms with Gasteiger partial charge in [-0.3, -0.25) is 24.1 Å². The molecule has 4 aromatic carbocycles. The zero-order valence-corrected chi connectivity index (χ0v) is 28.6. The van der Waals surface area contributed by atoms with Gasteiger partial charge in [0, 0.05) is 31.0 Å². The van der Waals surface area contributed by atoms with Crippen LogP contribution in [-0.4, -0.2) is 71.8 Å². The van der Waals surface area contributed by atoms with Gasteiger partial charge in [-0.2, -0.15) is 0 Å². The lowest BCUT2D eigenvalue weighted by atomic mass is 9.62. The summed E-state index contributed by atoms with van der Waals surface area (Å²) in [6, 6.07) is 32.7. The molecule has 9 heteroatoms. The van der Waals surface area contributed by atoms with E-state index >= 15 is 0 Å². The molecule has 1 N–H and O–H groups in total. The molecule has 3 unspecified atom stereocenters. The lowest BCUT2D eigenvalue weighted by molar-refractivity contribution is -0.151. The largest absolute Gasteiger partial charge is 0.378 e. The van der Waals surface area contributed by atoms with Crippen molar-refractivity contribution < 1.29 is 23.9 Å². The first-order chi connectivity index (χ1) is 24.9. The molecule has 1 saturated carbocycles. The fourth-order valence-electron chi connectivity index (χ4n) is 8.64. The third-order valence-corrected chi connectivity index (χ3v) is 11.4. The number of morpholine rings is 1. The maximum absolute atomic E-state index is 15.0. The summed E-state index contributed by atoms with van der Waals surface area (Å²) in [5.41, 5.74) is 4.60. The van der Waals surface area contributed by atoms with Gasteiger partial charge in [-0.05, 0) is 97.0 Å². The number of benzene rings is 4. The molecule has 8 rings (SSSR count). The highest BCUT2D eigenvalue weighted by molar-refractivity contribution is 6.22. The van der Waals surface area contributed by atoms with Crippen molar-refractivity contribution in [3.8, 4) is 0 Å². The van der Waals surface area contributed by atoms with Crippen LogP contribution in [0.3, 0.4) is 0 Å². The van der Waals surface area contributed by atoms with E-state index in [1.54, 1.807) is 29.2 Å². The summed E-state index contributed by atoms with van der Waals surface area (Å²) in [7, 11) is 0. The summed E-state index contributed by atoms with van der Waals surface area (Å²) < 4.78 is 5.52. The van der Waals surface area contributed by atoms with E-state index in [-0.39, 0.29) is 18.4 Å². The molecule has 2 aliphatic carbocycles. The second kappa shape index (κ2) is 13.8. The van der Waals surface area contributed by atoms with Gasteiger partial charge in [-0.1, -0.05) is 66.7 Å². The molecule has 2 aliphatic heterocycles. The number of hydrogen-bond donors (Lipinski definition) is 1. The van der Waals surface area contributed by atoms with Crippen LogP contribution in [0.5, 0.6) is 0 Å². The molecule has 260 valence electrons. The summed E-state index contributed by atoms with van der Waals surface area (Å²) in [6.07, 6.45) is 3.49. The van der Waals surface area contributed by atoms with Crippen molar-refractivity contribution in [3.63, 3.8) is 0 Å². The Labute approximate surface area is 298 Å². The first-order valence-electron chi connectivity index (χ1n) is 18.0. The van der Waals surface area contributed by atoms with Crippen LogP contribution in [0.15, 0.2) is 103 Å². The highest BCUT2D eigenvalue weighted by Gasteiger charge is 2.53. The Morgan fingerprint density at radius 2 is 1.37 bits per heavy atom. The maximum Gasteiger partial charge on any atom is 0.262 e. The van der Waals surface area contributed by atoms with E-state index < -0.39 is 29.8 Å². The molecule has 3 atom stereocenters. The molecule has 0 radical (unpaired) electrons. The zero-order valence-electron chi connectivity index (χ0n) is 28.6. The molecule has 4 amide bonds. The molecule has 0 aromatic heterocycles. The third-order valence-electron chi connectivity index (χ3n) is 11.4. The summed E-state index contributed by atoms with van der Waals surface area (Å²) in [6.45, 7) is 2.70. The molecule has 2 heterocycles. The van der Waals surface area contributed by atoms with Crippen molar-refractivity contribution in [3.05, 3.63) is 131 Å². The summed E-state index contributed by atoms with van der Waals surface area (Å²) in [5.74, 6) is -1.09. The average molecular weight is 683 g/mol. The summed E-state index contributed by atoms with van der Waals surface area (Å²) in [5, 5.41) is 3.22. The highest BCUT2D eigenvalue weighted by Crippen LogP contribution is 2.47. The number of hydrogen-bond acceptors (Lipinski definition) is 6. The Kier molecular flexibility index (Phi) is 8.90. The molecule has 1 saturated heterocycles. The molecule has 51 heavy (non-hydrogen) atoms. The van der Waals surface area contributed by atoms with Gasteiger partial charge in [0.15, 0.2) is 0 Å². The van der Waals surface area contributed by atoms with Crippen LogP contribution in [0.1, 0.15) is 56.7 Å². The van der Waals surface area contributed by atoms with Gasteiger partial charge >= 0.3 is 0 Å². The van der Waals surface area contributed by atoms with Crippen LogP contribution in [0.2, 0.25) is 0 Å². The third kappa shape index (κ3) is 6.31. The fraction of sp³-hybridized carbons (Fsp3) is 0.333. The van der Waals surface area contributed by atoms with E-state index in [9.17, 15) is 19.2 Å². The minimum atomic E-state index is -1.22. The number of carbonyl (C=O) groups is 4. The van der Waals surface area contributed by atoms with E-state index in [1.165, 1.54) is 11.1 Å². The van der Waals surface area contributed by atoms with Crippen LogP contribution in [-0.2, 0) is 33.7 Å². The number of imide groups is 1. The summed E-state index contributed by atoms with van der Waals surface area (Å²) in [4.78, 5) is 61.6. The van der Waals surface area contributed by atoms with Gasteiger partial charge in [0.1, 0.15) is 12.1 Å². The van der Waals surface area contributed by atoms with Gasteiger partial charge < -0.3 is 19.9 Å². The Morgan fingerprint density at radius 1 is 0.765 bits per heavy atom. The number of rotatable bonds is 8. The fourth-order valence-corrected chi connectivity index (χ4v) is 8.64. The number of ether oxygens (including phenoxy) is 1. The number of anilines is 2. The molecular formula is C42H42N4O5. The molecule has 2 fully saturated rings. The number of fused-ring (bicyclic) bond motifs is 3. The predicted molar refractivity (Wildman–Crippen MR) is 194 cm³/mol. The second-order valence-corrected chi connectivity index (χ2v) is 14.3. The van der Waals surface area contributed by atoms with Crippen molar-refractivity contribution in [1.82, 2.24) is 9.80 Å². The number of amides is 4. The standard InChI is InChI=1S/C42H42N4O5/c47-38(28-45-39(48)36-12-6-7-13-37(36)40(45)49)46(27-29-8-2-1-3-9-29)42(19-18-32-24-30-10-4-5-11-31(30)25-33(32)26-42)41(50)43-34-14-16-35(17-15-34)44-20-22-51-23-21-44/h1-17,32-33H,18-28H2,(H,43,50). The van der Waals surface area contributed by atoms with Gasteiger partial charge in [0.25, 0.3) is 11.8 Å². The molecule has 4 aliphatic rings. The Hall–Kier alpha value is -5.28. The SMILES string of the molecule is O=C1c2ccccc2C(=O)N1CC(=O)N(Cc1ccccc1)C1(C(=O)Nc2ccc(N3CCOCC3)cc2)CCC2Cc3ccccc3CC2C1. The second-order valence-electron chi connectivity index (χ2n) is 14.3. The van der Waals surface area contributed by atoms with E-state index in [1.807, 2.05) is 54.6 Å². The highest BCUT2D eigenvalue weighted by atomic mass is 16.5. The van der Waals surface area contributed by atoms with Crippen molar-refractivity contribution >= 4 is 35.0 Å². The molecule has 0 bridgehead atoms. The average Bonchev–Trinajstić information content (AvgIpc) is 3.41. The lowest BCUT2D eigenvalue weighted by Gasteiger charge is -2.51. The maximum atomic E-state index is 15.0. The Morgan fingerprint density at radius 3 is 2.04 bits per heavy atom. The Balaban J connectivity index is 1.14. The van der Waals surface area contributed by atoms with Crippen molar-refractivity contribution in [2.75, 3.05) is 43.1 Å². The quantitative estimate of drug-likeness (QED) is 0.238. The van der Waals surface area contributed by atoms with E-state index in [2.05, 4.69) is 34.5 Å². The van der Waals surface area contributed by atoms with Crippen LogP contribution < -0.4 is 10.2 Å². The first kappa shape index (κ1) is 32.9. The number of nitrogens with zero attached hydrogens (tertiary/aromatic N) is 3. The van der Waals surface area contributed by atoms with Crippen LogP contribution in [0.4, 0.5) is 11.4 Å². The monoisotopic (exact) mass is 682 g/mol. The molecule has 0 spiro atoms. The van der Waals surface area contributed by atoms with Crippen LogP contribution >= 0.6 is 0 Å². The van der Waals surface area contributed by atoms with Gasteiger partial charge in [-0.15, -0.1) is 0 Å². The van der Waals surface area contributed by atoms with E-state index in [0.717, 1.165) is 48.5 Å². The first-order valence-corrected chi connectivity index (χ1v) is 18.0. The van der Waals surface area contributed by atoms with Gasteiger partial charge in [0.05, 0.1) is 24.3 Å². The number of nitrogens with one attached hydrogen (secondary N) is 1. The van der Waals surface area contributed by atoms with Crippen LogP contribution in [0.25, 0.3) is 0 Å². The van der Waals surface area contributed by atoms with Crippen molar-refractivity contribution in [2.24, 2.45) is 11.8 Å². The zero-order chi connectivity index (χ0) is 35.0. The van der Waals surface area contributed by atoms with E-state index in [4.69, 9.17) is 4.74 Å². The number of carbonyl (C=O) groups excluding carboxylic acids is 4. The van der Waals surface area contributed by atoms with Crippen molar-refractivity contribution in [2.45, 2.75) is 44.2 Å². The predicted octanol–water partition coefficient (Wildman–Crippen LogP) is 5.74. The van der Waals surface area contributed by atoms with Gasteiger partial charge in [0.2, 0.25) is 11.8 Å². The normalized spacial score (nSPS) is 22.5. The van der Waals surface area contributed by atoms with E-state index in [0.29, 0.717) is 48.8 Å². The minimum Gasteiger partial charge on any atom is -0.378 e. The Bertz CT molecular complexity index is 1920. The smallest absolute Gasteiger partial charge is 0.262 e. The van der Waals surface area contributed by atoms with Gasteiger partial charge in [-0.25, -0.2) is 0 Å². The summed E-state index contributed by atoms with van der Waals surface area (Å²) >= 11 is 0. The topological polar surface area (TPSA) is 99.3 Å². The lowest BCUT2D eigenvalue weighted by Crippen LogP contribution is -2.63. The minimum absolute atomic E-state index is 0.167. The van der Waals surface area contributed by atoms with Crippen LogP contribution in [0, 0.1) is 11.8 Å².